The van der Waals surface area contributed by atoms with Crippen LogP contribution in [-0.2, 0) is 9.59 Å². The summed E-state index contributed by atoms with van der Waals surface area (Å²) in [4.78, 5) is 26.4. The number of carbonyl (C=O) groups excluding carboxylic acids is 2. The summed E-state index contributed by atoms with van der Waals surface area (Å²) in [6, 6.07) is -0.310. The van der Waals surface area contributed by atoms with Crippen LogP contribution in [0, 0.1) is 5.92 Å². The van der Waals surface area contributed by atoms with Crippen molar-refractivity contribution in [2.24, 2.45) is 5.92 Å². The first-order chi connectivity index (χ1) is 8.46. The molecule has 0 aromatic carbocycles. The van der Waals surface area contributed by atoms with Crippen LogP contribution in [0.15, 0.2) is 0 Å². The van der Waals surface area contributed by atoms with E-state index in [1.807, 2.05) is 25.7 Å². The molecule has 1 unspecified atom stereocenters. The fraction of sp³-hybridized carbons (Fsp3) is 0.857. The lowest BCUT2D eigenvalue weighted by atomic mass is 9.83. The first-order valence-corrected chi connectivity index (χ1v) is 7.09. The Morgan fingerprint density at radius 1 is 1.33 bits per heavy atom. The summed E-state index contributed by atoms with van der Waals surface area (Å²) in [5, 5.41) is 2.87. The van der Waals surface area contributed by atoms with E-state index in [4.69, 9.17) is 0 Å². The van der Waals surface area contributed by atoms with Crippen LogP contribution in [0.4, 0.5) is 0 Å². The maximum atomic E-state index is 12.5. The first kappa shape index (κ1) is 13.4. The lowest BCUT2D eigenvalue weighted by molar-refractivity contribution is -0.156. The number of rotatable bonds is 4. The highest BCUT2D eigenvalue weighted by Crippen LogP contribution is 2.31. The molecular formula is C14H24N2O2. The molecule has 0 spiro atoms. The highest BCUT2D eigenvalue weighted by atomic mass is 16.2. The fourth-order valence-electron chi connectivity index (χ4n) is 2.72. The Hall–Kier alpha value is -1.06. The van der Waals surface area contributed by atoms with Crippen LogP contribution in [0.3, 0.4) is 0 Å². The molecule has 4 nitrogen and oxygen atoms in total. The molecule has 0 bridgehead atoms. The van der Waals surface area contributed by atoms with E-state index in [0.717, 1.165) is 19.4 Å². The summed E-state index contributed by atoms with van der Waals surface area (Å²) in [6.45, 7) is 6.48. The molecule has 2 aliphatic rings. The van der Waals surface area contributed by atoms with Gasteiger partial charge in [-0.05, 0) is 39.0 Å². The minimum Gasteiger partial charge on any atom is -0.342 e. The Kier molecular flexibility index (Phi) is 3.64. The molecule has 0 radical (unpaired) electrons. The van der Waals surface area contributed by atoms with Gasteiger partial charge in [-0.3, -0.25) is 9.59 Å². The molecule has 1 saturated heterocycles. The number of amides is 2. The molecule has 0 aromatic heterocycles. The van der Waals surface area contributed by atoms with Crippen LogP contribution in [0.1, 0.15) is 52.9 Å². The topological polar surface area (TPSA) is 49.4 Å². The molecule has 102 valence electrons. The highest BCUT2D eigenvalue weighted by Gasteiger charge is 2.46. The van der Waals surface area contributed by atoms with Gasteiger partial charge in [0.15, 0.2) is 0 Å². The van der Waals surface area contributed by atoms with Crippen molar-refractivity contribution >= 4 is 11.8 Å². The van der Waals surface area contributed by atoms with Gasteiger partial charge in [0.1, 0.15) is 11.6 Å². The fourth-order valence-corrected chi connectivity index (χ4v) is 2.72. The molecule has 2 rings (SSSR count). The molecule has 2 amide bonds. The van der Waals surface area contributed by atoms with Gasteiger partial charge < -0.3 is 10.2 Å². The zero-order valence-corrected chi connectivity index (χ0v) is 11.7. The number of hydrogen-bond acceptors (Lipinski definition) is 2. The van der Waals surface area contributed by atoms with Crippen molar-refractivity contribution in [3.05, 3.63) is 0 Å². The van der Waals surface area contributed by atoms with Crippen LogP contribution in [0.2, 0.25) is 0 Å². The molecule has 2 fully saturated rings. The Morgan fingerprint density at radius 2 is 2.00 bits per heavy atom. The number of carbonyl (C=O) groups is 2. The molecule has 18 heavy (non-hydrogen) atoms. The standard InChI is InChI=1S/C14H24N2O2/c1-4-6-11-12(17)16(9-10-7-5-8-10)14(2,3)13(18)15-11/h10-11H,4-9H2,1-3H3,(H,15,18). The lowest BCUT2D eigenvalue weighted by Gasteiger charge is -2.46. The smallest absolute Gasteiger partial charge is 0.246 e. The van der Waals surface area contributed by atoms with E-state index in [-0.39, 0.29) is 17.9 Å². The van der Waals surface area contributed by atoms with Crippen molar-refractivity contribution in [1.29, 1.82) is 0 Å². The normalized spacial score (nSPS) is 27.9. The Balaban J connectivity index is 2.13. The number of nitrogens with zero attached hydrogens (tertiary/aromatic N) is 1. The van der Waals surface area contributed by atoms with Crippen LogP contribution < -0.4 is 5.32 Å². The van der Waals surface area contributed by atoms with Crippen molar-refractivity contribution < 1.29 is 9.59 Å². The summed E-state index contributed by atoms with van der Waals surface area (Å²) in [7, 11) is 0. The van der Waals surface area contributed by atoms with E-state index in [1.54, 1.807) is 0 Å². The van der Waals surface area contributed by atoms with Crippen molar-refractivity contribution in [2.75, 3.05) is 6.54 Å². The van der Waals surface area contributed by atoms with E-state index >= 15 is 0 Å². The summed E-state index contributed by atoms with van der Waals surface area (Å²) in [5.41, 5.74) is -0.698. The van der Waals surface area contributed by atoms with Gasteiger partial charge in [0.2, 0.25) is 11.8 Å². The van der Waals surface area contributed by atoms with E-state index < -0.39 is 5.54 Å². The average molecular weight is 252 g/mol. The third-order valence-electron chi connectivity index (χ3n) is 4.34. The SMILES string of the molecule is CCCC1NC(=O)C(C)(C)N(CC2CCC2)C1=O. The maximum Gasteiger partial charge on any atom is 0.246 e. The van der Waals surface area contributed by atoms with Gasteiger partial charge in [-0.1, -0.05) is 19.8 Å². The van der Waals surface area contributed by atoms with Crippen LogP contribution in [0.5, 0.6) is 0 Å². The maximum absolute atomic E-state index is 12.5. The molecule has 4 heteroatoms. The molecular weight excluding hydrogens is 228 g/mol. The molecule has 1 N–H and O–H groups in total. The number of piperazine rings is 1. The molecule has 1 heterocycles. The van der Waals surface area contributed by atoms with Crippen LogP contribution in [0.25, 0.3) is 0 Å². The second-order valence-electron chi connectivity index (χ2n) is 6.12. The Bertz CT molecular complexity index is 348. The zero-order valence-electron chi connectivity index (χ0n) is 11.7. The predicted molar refractivity (Wildman–Crippen MR) is 70.0 cm³/mol. The minimum atomic E-state index is -0.698. The molecule has 1 aliphatic heterocycles. The van der Waals surface area contributed by atoms with Gasteiger partial charge in [0.25, 0.3) is 0 Å². The van der Waals surface area contributed by atoms with Gasteiger partial charge in [0.05, 0.1) is 0 Å². The minimum absolute atomic E-state index is 0.0140. The van der Waals surface area contributed by atoms with Crippen LogP contribution >= 0.6 is 0 Å². The van der Waals surface area contributed by atoms with Gasteiger partial charge in [-0.25, -0.2) is 0 Å². The highest BCUT2D eigenvalue weighted by molar-refractivity contribution is 5.99. The van der Waals surface area contributed by atoms with Crippen molar-refractivity contribution in [3.63, 3.8) is 0 Å². The molecule has 1 saturated carbocycles. The average Bonchev–Trinajstić information content (AvgIpc) is 2.24. The third kappa shape index (κ3) is 2.25. The summed E-state index contributed by atoms with van der Waals surface area (Å²) in [6.07, 6.45) is 5.30. The van der Waals surface area contributed by atoms with Crippen molar-refractivity contribution in [2.45, 2.75) is 64.5 Å². The van der Waals surface area contributed by atoms with Gasteiger partial charge in [-0.15, -0.1) is 0 Å². The first-order valence-electron chi connectivity index (χ1n) is 7.09. The summed E-state index contributed by atoms with van der Waals surface area (Å²) < 4.78 is 0. The second-order valence-corrected chi connectivity index (χ2v) is 6.12. The molecule has 1 aliphatic carbocycles. The van der Waals surface area contributed by atoms with Gasteiger partial charge in [0, 0.05) is 6.54 Å². The van der Waals surface area contributed by atoms with E-state index in [0.29, 0.717) is 5.92 Å². The third-order valence-corrected chi connectivity index (χ3v) is 4.34. The number of hydrogen-bond donors (Lipinski definition) is 1. The zero-order chi connectivity index (χ0) is 13.3. The second kappa shape index (κ2) is 4.90. The van der Waals surface area contributed by atoms with Crippen LogP contribution in [-0.4, -0.2) is 34.8 Å². The van der Waals surface area contributed by atoms with E-state index in [2.05, 4.69) is 5.32 Å². The van der Waals surface area contributed by atoms with E-state index in [1.165, 1.54) is 19.3 Å². The van der Waals surface area contributed by atoms with Crippen molar-refractivity contribution in [3.8, 4) is 0 Å². The quantitative estimate of drug-likeness (QED) is 0.827. The lowest BCUT2D eigenvalue weighted by Crippen LogP contribution is -2.69. The summed E-state index contributed by atoms with van der Waals surface area (Å²) in [5.74, 6) is 0.689. The number of nitrogens with one attached hydrogen (secondary N) is 1. The predicted octanol–water partition coefficient (Wildman–Crippen LogP) is 1.69. The summed E-state index contributed by atoms with van der Waals surface area (Å²) >= 11 is 0. The molecule has 0 aromatic rings. The Labute approximate surface area is 109 Å². The van der Waals surface area contributed by atoms with E-state index in [9.17, 15) is 9.59 Å². The monoisotopic (exact) mass is 252 g/mol. The van der Waals surface area contributed by atoms with Gasteiger partial charge >= 0.3 is 0 Å². The van der Waals surface area contributed by atoms with Crippen molar-refractivity contribution in [1.82, 2.24) is 10.2 Å². The molecule has 1 atom stereocenters. The van der Waals surface area contributed by atoms with Gasteiger partial charge in [-0.2, -0.15) is 0 Å². The Morgan fingerprint density at radius 3 is 2.50 bits per heavy atom. The largest absolute Gasteiger partial charge is 0.342 e.